The van der Waals surface area contributed by atoms with E-state index in [1.165, 1.54) is 27.6 Å². The summed E-state index contributed by atoms with van der Waals surface area (Å²) < 4.78 is 71.6. The third-order valence-electron chi connectivity index (χ3n) is 9.46. The SMILES string of the molecule is Cc1ccc(S(=O)(=O)N2C=C(c3ccc(C(F)(F)F)cc3)N3C(c4ccccc4)=CC4c5ccccc5C4C3c3ccccc32)cc1. The smallest absolute Gasteiger partial charge is 0.331 e. The molecule has 1 aliphatic carbocycles. The van der Waals surface area contributed by atoms with E-state index < -0.39 is 21.8 Å². The molecule has 0 saturated carbocycles. The first-order valence-corrected chi connectivity index (χ1v) is 16.8. The van der Waals surface area contributed by atoms with Crippen molar-refractivity contribution in [1.29, 1.82) is 0 Å². The van der Waals surface area contributed by atoms with Gasteiger partial charge in [-0.3, -0.25) is 0 Å². The molecule has 0 saturated heterocycles. The summed E-state index contributed by atoms with van der Waals surface area (Å²) in [5, 5.41) is 0. The van der Waals surface area contributed by atoms with Crippen LogP contribution >= 0.6 is 0 Å². The second-order valence-corrected chi connectivity index (χ2v) is 14.0. The number of rotatable bonds is 4. The standard InChI is InChI=1S/C39H29F3N2O2S/c1-25-15-21-29(22-16-25)47(45,46)43-24-36(27-17-19-28(20-18-27)39(40,41)42)44-35(26-9-3-2-4-10-26)23-33-30-11-5-6-12-31(30)37(33)38(44)32-13-7-8-14-34(32)43/h2-24,33,37-38H,1H3. The van der Waals surface area contributed by atoms with Crippen LogP contribution in [0.3, 0.4) is 0 Å². The minimum absolute atomic E-state index is 0.0281. The number of hydrogen-bond acceptors (Lipinski definition) is 3. The number of fused-ring (bicyclic) bond motifs is 8. The van der Waals surface area contributed by atoms with Crippen molar-refractivity contribution < 1.29 is 21.6 Å². The molecule has 0 amide bonds. The van der Waals surface area contributed by atoms with Gasteiger partial charge in [0, 0.05) is 29.3 Å². The Labute approximate surface area is 271 Å². The van der Waals surface area contributed by atoms with Gasteiger partial charge in [0.1, 0.15) is 0 Å². The van der Waals surface area contributed by atoms with Crippen LogP contribution in [0.2, 0.25) is 0 Å². The van der Waals surface area contributed by atoms with E-state index in [-0.39, 0.29) is 22.8 Å². The zero-order valence-electron chi connectivity index (χ0n) is 25.3. The summed E-state index contributed by atoms with van der Waals surface area (Å²) in [7, 11) is -4.16. The summed E-state index contributed by atoms with van der Waals surface area (Å²) in [6, 6.07) is 37.0. The monoisotopic (exact) mass is 646 g/mol. The molecule has 0 aromatic heterocycles. The molecule has 0 N–H and O–H groups in total. The van der Waals surface area contributed by atoms with Crippen LogP contribution in [0.15, 0.2) is 145 Å². The maximum absolute atomic E-state index is 14.6. The lowest BCUT2D eigenvalue weighted by atomic mass is 9.61. The lowest BCUT2D eigenvalue weighted by molar-refractivity contribution is -0.137. The highest BCUT2D eigenvalue weighted by molar-refractivity contribution is 7.93. The Hall–Kier alpha value is -5.08. The normalized spacial score (nSPS) is 20.0. The quantitative estimate of drug-likeness (QED) is 0.195. The molecular weight excluding hydrogens is 618 g/mol. The fraction of sp³-hybridized carbons (Fsp3) is 0.128. The number of halogens is 3. The summed E-state index contributed by atoms with van der Waals surface area (Å²) in [4.78, 5) is 2.25. The van der Waals surface area contributed by atoms with Gasteiger partial charge in [0.15, 0.2) is 0 Å². The molecule has 2 heterocycles. The number of allylic oxidation sites excluding steroid dienone is 1. The van der Waals surface area contributed by atoms with Crippen LogP contribution in [-0.4, -0.2) is 13.3 Å². The predicted octanol–water partition coefficient (Wildman–Crippen LogP) is 9.50. The molecule has 4 nitrogen and oxygen atoms in total. The average molecular weight is 647 g/mol. The Morgan fingerprint density at radius 3 is 1.91 bits per heavy atom. The van der Waals surface area contributed by atoms with Crippen LogP contribution in [0.4, 0.5) is 18.9 Å². The minimum atomic E-state index is -4.51. The number of benzene rings is 5. The van der Waals surface area contributed by atoms with E-state index >= 15 is 0 Å². The van der Waals surface area contributed by atoms with Crippen LogP contribution in [0.1, 0.15) is 56.8 Å². The van der Waals surface area contributed by atoms with E-state index in [9.17, 15) is 21.6 Å². The lowest BCUT2D eigenvalue weighted by Crippen LogP contribution is -2.41. The fourth-order valence-corrected chi connectivity index (χ4v) is 8.60. The summed E-state index contributed by atoms with van der Waals surface area (Å²) in [6.45, 7) is 1.89. The van der Waals surface area contributed by atoms with Crippen LogP contribution < -0.4 is 4.31 Å². The molecule has 3 atom stereocenters. The largest absolute Gasteiger partial charge is 0.416 e. The summed E-state index contributed by atoms with van der Waals surface area (Å²) in [6.07, 6.45) is -0.708. The van der Waals surface area contributed by atoms with Crippen LogP contribution in [-0.2, 0) is 16.2 Å². The highest BCUT2D eigenvalue weighted by Gasteiger charge is 2.51. The molecule has 3 unspecified atom stereocenters. The van der Waals surface area contributed by atoms with Crippen molar-refractivity contribution in [3.05, 3.63) is 179 Å². The van der Waals surface area contributed by atoms with Crippen molar-refractivity contribution in [3.63, 3.8) is 0 Å². The Bertz CT molecular complexity index is 2170. The van der Waals surface area contributed by atoms with E-state index in [0.29, 0.717) is 16.9 Å². The van der Waals surface area contributed by atoms with E-state index in [2.05, 4.69) is 23.1 Å². The highest BCUT2D eigenvalue weighted by Crippen LogP contribution is 2.63. The maximum Gasteiger partial charge on any atom is 0.416 e. The number of alkyl halides is 3. The van der Waals surface area contributed by atoms with Crippen molar-refractivity contribution in [1.82, 2.24) is 4.90 Å². The summed E-state index contributed by atoms with van der Waals surface area (Å²) in [5.41, 5.74) is 6.59. The van der Waals surface area contributed by atoms with E-state index in [1.807, 2.05) is 73.7 Å². The van der Waals surface area contributed by atoms with E-state index in [4.69, 9.17) is 0 Å². The van der Waals surface area contributed by atoms with Crippen LogP contribution in [0.5, 0.6) is 0 Å². The lowest BCUT2D eigenvalue weighted by Gasteiger charge is -2.52. The van der Waals surface area contributed by atoms with Gasteiger partial charge in [0.25, 0.3) is 10.0 Å². The van der Waals surface area contributed by atoms with Gasteiger partial charge in [0.2, 0.25) is 0 Å². The zero-order chi connectivity index (χ0) is 32.5. The number of anilines is 1. The van der Waals surface area contributed by atoms with Gasteiger partial charge >= 0.3 is 6.18 Å². The molecule has 2 aliphatic heterocycles. The molecule has 0 radical (unpaired) electrons. The molecule has 5 aromatic carbocycles. The van der Waals surface area contributed by atoms with Gasteiger partial charge in [-0.05, 0) is 59.5 Å². The average Bonchev–Trinajstić information content (AvgIpc) is 3.22. The second-order valence-electron chi connectivity index (χ2n) is 12.2. The number of nitrogens with zero attached hydrogens (tertiary/aromatic N) is 2. The topological polar surface area (TPSA) is 40.6 Å². The fourth-order valence-electron chi connectivity index (χ4n) is 7.23. The Morgan fingerprint density at radius 1 is 0.638 bits per heavy atom. The number of hydrogen-bond donors (Lipinski definition) is 0. The molecule has 47 heavy (non-hydrogen) atoms. The van der Waals surface area contributed by atoms with Gasteiger partial charge in [-0.15, -0.1) is 0 Å². The van der Waals surface area contributed by atoms with E-state index in [1.54, 1.807) is 30.5 Å². The van der Waals surface area contributed by atoms with Crippen LogP contribution in [0.25, 0.3) is 11.4 Å². The van der Waals surface area contributed by atoms with Gasteiger partial charge in [-0.25, -0.2) is 12.7 Å². The predicted molar refractivity (Wildman–Crippen MR) is 178 cm³/mol. The van der Waals surface area contributed by atoms with Crippen LogP contribution in [0, 0.1) is 6.92 Å². The molecule has 0 bridgehead atoms. The first-order chi connectivity index (χ1) is 22.6. The molecule has 5 aromatic rings. The van der Waals surface area contributed by atoms with Crippen molar-refractivity contribution >= 4 is 27.1 Å². The van der Waals surface area contributed by atoms with Crippen molar-refractivity contribution in [3.8, 4) is 0 Å². The first-order valence-electron chi connectivity index (χ1n) is 15.4. The first kappa shape index (κ1) is 29.3. The molecule has 8 heteroatoms. The number of sulfonamides is 1. The minimum Gasteiger partial charge on any atom is -0.331 e. The molecule has 3 aliphatic rings. The third kappa shape index (κ3) is 4.69. The second kappa shape index (κ2) is 10.7. The summed E-state index contributed by atoms with van der Waals surface area (Å²) >= 11 is 0. The van der Waals surface area contributed by atoms with Crippen molar-refractivity contribution in [2.75, 3.05) is 4.31 Å². The number of aryl methyl sites for hydroxylation is 1. The summed E-state index contributed by atoms with van der Waals surface area (Å²) in [5.74, 6) is 0.0320. The van der Waals surface area contributed by atoms with Crippen molar-refractivity contribution in [2.45, 2.75) is 35.9 Å². The number of para-hydroxylation sites is 1. The molecule has 0 spiro atoms. The van der Waals surface area contributed by atoms with Gasteiger partial charge < -0.3 is 4.90 Å². The molecule has 8 rings (SSSR count). The van der Waals surface area contributed by atoms with E-state index in [0.717, 1.165) is 34.5 Å². The zero-order valence-corrected chi connectivity index (χ0v) is 26.1. The Morgan fingerprint density at radius 2 is 1.23 bits per heavy atom. The van der Waals surface area contributed by atoms with Gasteiger partial charge in [-0.2, -0.15) is 13.2 Å². The third-order valence-corrected chi connectivity index (χ3v) is 11.2. The Kier molecular flexibility index (Phi) is 6.70. The van der Waals surface area contributed by atoms with Gasteiger partial charge in [-0.1, -0.05) is 109 Å². The Balaban J connectivity index is 1.43. The maximum atomic E-state index is 14.6. The van der Waals surface area contributed by atoms with Gasteiger partial charge in [0.05, 0.1) is 27.9 Å². The highest BCUT2D eigenvalue weighted by atomic mass is 32.2. The molecule has 234 valence electrons. The molecule has 0 fully saturated rings. The van der Waals surface area contributed by atoms with Crippen molar-refractivity contribution in [2.24, 2.45) is 0 Å². The molecular formula is C39H29F3N2O2S.